The van der Waals surface area contributed by atoms with Crippen LogP contribution in [-0.2, 0) is 11.2 Å². The molecule has 0 saturated carbocycles. The molecule has 0 spiro atoms. The van der Waals surface area contributed by atoms with Crippen LogP contribution in [0.3, 0.4) is 0 Å². The molecular formula is C15H20ClF2NO. The van der Waals surface area contributed by atoms with Crippen molar-refractivity contribution < 1.29 is 13.6 Å². The lowest BCUT2D eigenvalue weighted by Gasteiger charge is -2.22. The molecule has 1 rings (SSSR count). The van der Waals surface area contributed by atoms with Gasteiger partial charge in [-0.1, -0.05) is 26.8 Å². The zero-order valence-corrected chi connectivity index (χ0v) is 12.7. The Morgan fingerprint density at radius 2 is 2.00 bits per heavy atom. The third kappa shape index (κ3) is 6.33. The zero-order chi connectivity index (χ0) is 15.3. The number of amides is 1. The van der Waals surface area contributed by atoms with E-state index in [-0.39, 0.29) is 28.7 Å². The van der Waals surface area contributed by atoms with E-state index in [1.807, 2.05) is 0 Å². The summed E-state index contributed by atoms with van der Waals surface area (Å²) in [5.41, 5.74) is 0.256. The van der Waals surface area contributed by atoms with Crippen molar-refractivity contribution in [2.24, 2.45) is 5.41 Å². The van der Waals surface area contributed by atoms with E-state index >= 15 is 0 Å². The Labute approximate surface area is 123 Å². The van der Waals surface area contributed by atoms with Gasteiger partial charge in [-0.05, 0) is 23.5 Å². The third-order valence-corrected chi connectivity index (χ3v) is 3.03. The highest BCUT2D eigenvalue weighted by molar-refractivity contribution is 6.20. The molecule has 1 aromatic rings. The molecule has 0 aliphatic rings. The first-order valence-electron chi connectivity index (χ1n) is 6.52. The molecule has 2 nitrogen and oxygen atoms in total. The van der Waals surface area contributed by atoms with Crippen LogP contribution in [0.25, 0.3) is 0 Å². The average molecular weight is 304 g/mol. The maximum Gasteiger partial charge on any atom is 0.224 e. The molecule has 20 heavy (non-hydrogen) atoms. The number of nitrogens with one attached hydrogen (secondary N) is 1. The third-order valence-electron chi connectivity index (χ3n) is 2.72. The van der Waals surface area contributed by atoms with Crippen LogP contribution >= 0.6 is 11.6 Å². The van der Waals surface area contributed by atoms with Crippen LogP contribution in [0.1, 0.15) is 32.8 Å². The first-order chi connectivity index (χ1) is 9.17. The molecule has 0 bridgehead atoms. The molecule has 0 radical (unpaired) electrons. The summed E-state index contributed by atoms with van der Waals surface area (Å²) in [6.45, 7) is 6.54. The Bertz CT molecular complexity index is 471. The predicted octanol–water partition coefficient (Wildman–Crippen LogP) is 3.67. The van der Waals surface area contributed by atoms with Gasteiger partial charge in [-0.2, -0.15) is 0 Å². The topological polar surface area (TPSA) is 29.1 Å². The van der Waals surface area contributed by atoms with E-state index < -0.39 is 11.6 Å². The van der Waals surface area contributed by atoms with Gasteiger partial charge < -0.3 is 5.32 Å². The minimum Gasteiger partial charge on any atom is -0.354 e. The van der Waals surface area contributed by atoms with Crippen molar-refractivity contribution >= 4 is 17.5 Å². The summed E-state index contributed by atoms with van der Waals surface area (Å²) in [6.07, 6.45) is 0.644. The molecule has 0 aliphatic carbocycles. The molecule has 1 aromatic carbocycles. The molecule has 1 N–H and O–H groups in total. The van der Waals surface area contributed by atoms with Crippen molar-refractivity contribution in [2.75, 3.05) is 6.54 Å². The molecule has 0 aromatic heterocycles. The number of benzene rings is 1. The van der Waals surface area contributed by atoms with Crippen LogP contribution in [0.15, 0.2) is 18.2 Å². The van der Waals surface area contributed by atoms with E-state index in [0.29, 0.717) is 6.54 Å². The van der Waals surface area contributed by atoms with Crippen molar-refractivity contribution in [1.82, 2.24) is 5.32 Å². The number of carbonyl (C=O) groups is 1. The van der Waals surface area contributed by atoms with Crippen LogP contribution < -0.4 is 5.32 Å². The fraction of sp³-hybridized carbons (Fsp3) is 0.533. The largest absolute Gasteiger partial charge is 0.354 e. The van der Waals surface area contributed by atoms with Gasteiger partial charge in [0.2, 0.25) is 5.91 Å². The SMILES string of the molecule is CC(C)(C)CC(Cl)CNC(=O)Cc1ccc(F)cc1F. The highest BCUT2D eigenvalue weighted by Crippen LogP contribution is 2.23. The standard InChI is InChI=1S/C15H20ClF2NO/c1-15(2,3)8-11(16)9-19-14(20)6-10-4-5-12(17)7-13(10)18/h4-5,7,11H,6,8-9H2,1-3H3,(H,19,20). The van der Waals surface area contributed by atoms with Crippen molar-refractivity contribution in [3.63, 3.8) is 0 Å². The number of carbonyl (C=O) groups excluding carboxylic acids is 1. The van der Waals surface area contributed by atoms with Gasteiger partial charge in [0.05, 0.1) is 11.8 Å². The molecule has 0 aliphatic heterocycles. The summed E-state index contributed by atoms with van der Waals surface area (Å²) in [5, 5.41) is 2.49. The molecular weight excluding hydrogens is 284 g/mol. The zero-order valence-electron chi connectivity index (χ0n) is 12.0. The summed E-state index contributed by atoms with van der Waals surface area (Å²) < 4.78 is 26.1. The van der Waals surface area contributed by atoms with Gasteiger partial charge in [0.15, 0.2) is 0 Å². The maximum atomic E-state index is 13.4. The molecule has 112 valence electrons. The van der Waals surface area contributed by atoms with Gasteiger partial charge >= 0.3 is 0 Å². The summed E-state index contributed by atoms with van der Waals surface area (Å²) in [7, 11) is 0. The lowest BCUT2D eigenvalue weighted by molar-refractivity contribution is -0.120. The van der Waals surface area contributed by atoms with Crippen LogP contribution in [0.2, 0.25) is 0 Å². The van der Waals surface area contributed by atoms with Crippen LogP contribution in [0.4, 0.5) is 8.78 Å². The van der Waals surface area contributed by atoms with Crippen LogP contribution in [-0.4, -0.2) is 17.8 Å². The number of hydrogen-bond acceptors (Lipinski definition) is 1. The number of hydrogen-bond donors (Lipinski definition) is 1. The first-order valence-corrected chi connectivity index (χ1v) is 6.96. The molecule has 0 saturated heterocycles. The van der Waals surface area contributed by atoms with E-state index in [4.69, 9.17) is 11.6 Å². The van der Waals surface area contributed by atoms with Gasteiger partial charge in [-0.15, -0.1) is 11.6 Å². The minimum atomic E-state index is -0.711. The number of alkyl halides is 1. The second-order valence-corrected chi connectivity index (χ2v) is 6.70. The molecule has 1 amide bonds. The van der Waals surface area contributed by atoms with Crippen molar-refractivity contribution in [3.8, 4) is 0 Å². The van der Waals surface area contributed by atoms with Gasteiger partial charge in [0, 0.05) is 12.6 Å². The first kappa shape index (κ1) is 16.9. The van der Waals surface area contributed by atoms with Crippen molar-refractivity contribution in [3.05, 3.63) is 35.4 Å². The minimum absolute atomic E-state index is 0.0835. The summed E-state index contributed by atoms with van der Waals surface area (Å²) >= 11 is 6.13. The number of rotatable bonds is 5. The van der Waals surface area contributed by atoms with E-state index in [2.05, 4.69) is 26.1 Å². The van der Waals surface area contributed by atoms with E-state index in [1.54, 1.807) is 0 Å². The van der Waals surface area contributed by atoms with Gasteiger partial charge in [0.25, 0.3) is 0 Å². The number of halogens is 3. The second kappa shape index (κ2) is 7.02. The Kier molecular flexibility index (Phi) is 5.93. The van der Waals surface area contributed by atoms with Crippen LogP contribution in [0.5, 0.6) is 0 Å². The van der Waals surface area contributed by atoms with Gasteiger partial charge in [-0.3, -0.25) is 4.79 Å². The molecule has 0 heterocycles. The lowest BCUT2D eigenvalue weighted by Crippen LogP contribution is -2.32. The highest BCUT2D eigenvalue weighted by atomic mass is 35.5. The Hall–Kier alpha value is -1.16. The fourth-order valence-corrected chi connectivity index (χ4v) is 2.40. The fourth-order valence-electron chi connectivity index (χ4n) is 1.86. The Balaban J connectivity index is 2.44. The van der Waals surface area contributed by atoms with E-state index in [0.717, 1.165) is 18.6 Å². The normalized spacial score (nSPS) is 13.1. The van der Waals surface area contributed by atoms with E-state index in [9.17, 15) is 13.6 Å². The molecule has 1 atom stereocenters. The van der Waals surface area contributed by atoms with Gasteiger partial charge in [-0.25, -0.2) is 8.78 Å². The molecule has 1 unspecified atom stereocenters. The Morgan fingerprint density at radius 1 is 1.35 bits per heavy atom. The summed E-state index contributed by atoms with van der Waals surface area (Å²) in [6, 6.07) is 3.18. The smallest absolute Gasteiger partial charge is 0.224 e. The van der Waals surface area contributed by atoms with Gasteiger partial charge in [0.1, 0.15) is 11.6 Å². The monoisotopic (exact) mass is 303 g/mol. The average Bonchev–Trinajstić information content (AvgIpc) is 2.28. The van der Waals surface area contributed by atoms with E-state index in [1.165, 1.54) is 6.07 Å². The van der Waals surface area contributed by atoms with Crippen molar-refractivity contribution in [2.45, 2.75) is 39.0 Å². The van der Waals surface area contributed by atoms with Crippen molar-refractivity contribution in [1.29, 1.82) is 0 Å². The molecule has 0 fully saturated rings. The van der Waals surface area contributed by atoms with Crippen LogP contribution in [0, 0.1) is 17.0 Å². The molecule has 5 heteroatoms. The quantitative estimate of drug-likeness (QED) is 0.826. The summed E-state index contributed by atoms with van der Waals surface area (Å²) in [4.78, 5) is 11.7. The predicted molar refractivity (Wildman–Crippen MR) is 76.8 cm³/mol. The lowest BCUT2D eigenvalue weighted by atomic mass is 9.90. The Morgan fingerprint density at radius 3 is 2.55 bits per heavy atom. The maximum absolute atomic E-state index is 13.4. The second-order valence-electron chi connectivity index (χ2n) is 6.08. The summed E-state index contributed by atoms with van der Waals surface area (Å²) in [5.74, 6) is -1.69. The highest BCUT2D eigenvalue weighted by Gasteiger charge is 2.17.